The predicted octanol–water partition coefficient (Wildman–Crippen LogP) is 3.03. The summed E-state index contributed by atoms with van der Waals surface area (Å²) in [4.78, 5) is 10.3. The quantitative estimate of drug-likeness (QED) is 0.563. The molecule has 0 N–H and O–H groups in total. The van der Waals surface area contributed by atoms with Crippen molar-refractivity contribution in [2.75, 3.05) is 0 Å². The number of benzene rings is 1. The number of nitrogens with zero attached hydrogens (tertiary/aromatic N) is 1. The summed E-state index contributed by atoms with van der Waals surface area (Å²) in [7, 11) is 0. The van der Waals surface area contributed by atoms with E-state index >= 15 is 0 Å². The molecule has 80 valence electrons. The first kappa shape index (κ1) is 11.2. The van der Waals surface area contributed by atoms with Crippen molar-refractivity contribution in [2.45, 2.75) is 20.0 Å². The van der Waals surface area contributed by atoms with Crippen LogP contribution < -0.4 is 4.74 Å². The van der Waals surface area contributed by atoms with Gasteiger partial charge in [-0.25, -0.2) is 0 Å². The first-order chi connectivity index (χ1) is 7.06. The summed E-state index contributed by atoms with van der Waals surface area (Å²) in [5.41, 5.74) is 0.610. The zero-order valence-electron chi connectivity index (χ0n) is 8.77. The molecule has 0 spiro atoms. The van der Waals surface area contributed by atoms with Gasteiger partial charge in [0.15, 0.2) is 0 Å². The van der Waals surface area contributed by atoms with Crippen molar-refractivity contribution in [1.82, 2.24) is 0 Å². The monoisotopic (exact) mass is 207 g/mol. The lowest BCUT2D eigenvalue weighted by Crippen LogP contribution is -2.08. The SMILES string of the molecule is C=Cc1cccc([N+](=O)[O-])c1OC(C)C. The second kappa shape index (κ2) is 4.59. The van der Waals surface area contributed by atoms with E-state index in [1.54, 1.807) is 18.2 Å². The molecule has 0 aromatic heterocycles. The highest BCUT2D eigenvalue weighted by Gasteiger charge is 2.18. The Hall–Kier alpha value is -1.84. The maximum atomic E-state index is 10.8. The maximum Gasteiger partial charge on any atom is 0.311 e. The molecule has 0 fully saturated rings. The van der Waals surface area contributed by atoms with Crippen LogP contribution in [0.1, 0.15) is 19.4 Å². The van der Waals surface area contributed by atoms with Crippen LogP contribution in [0.25, 0.3) is 6.08 Å². The van der Waals surface area contributed by atoms with E-state index in [9.17, 15) is 10.1 Å². The van der Waals surface area contributed by atoms with E-state index in [0.29, 0.717) is 5.56 Å². The molecule has 0 unspecified atom stereocenters. The molecule has 0 saturated carbocycles. The van der Waals surface area contributed by atoms with Crippen molar-refractivity contribution in [1.29, 1.82) is 0 Å². The van der Waals surface area contributed by atoms with E-state index in [4.69, 9.17) is 4.74 Å². The molecule has 0 bridgehead atoms. The van der Waals surface area contributed by atoms with Gasteiger partial charge in [-0.2, -0.15) is 0 Å². The van der Waals surface area contributed by atoms with Gasteiger partial charge in [-0.15, -0.1) is 0 Å². The average Bonchev–Trinajstić information content (AvgIpc) is 2.16. The summed E-state index contributed by atoms with van der Waals surface area (Å²) < 4.78 is 5.42. The largest absolute Gasteiger partial charge is 0.484 e. The van der Waals surface area contributed by atoms with Gasteiger partial charge in [-0.3, -0.25) is 10.1 Å². The van der Waals surface area contributed by atoms with Crippen molar-refractivity contribution >= 4 is 11.8 Å². The third-order valence-corrected chi connectivity index (χ3v) is 1.79. The Bertz CT molecular complexity index is 385. The molecule has 0 aliphatic heterocycles. The molecule has 4 nitrogen and oxygen atoms in total. The van der Waals surface area contributed by atoms with Gasteiger partial charge >= 0.3 is 5.69 Å². The van der Waals surface area contributed by atoms with Gasteiger partial charge in [-0.05, 0) is 13.8 Å². The van der Waals surface area contributed by atoms with Gasteiger partial charge in [0.05, 0.1) is 11.0 Å². The van der Waals surface area contributed by atoms with Crippen LogP contribution in [0.2, 0.25) is 0 Å². The topological polar surface area (TPSA) is 52.4 Å². The summed E-state index contributed by atoms with van der Waals surface area (Å²) in [5.74, 6) is 0.285. The van der Waals surface area contributed by atoms with E-state index in [1.165, 1.54) is 6.07 Å². The Morgan fingerprint density at radius 1 is 1.53 bits per heavy atom. The zero-order chi connectivity index (χ0) is 11.4. The van der Waals surface area contributed by atoms with Crippen molar-refractivity contribution in [2.24, 2.45) is 0 Å². The lowest BCUT2D eigenvalue weighted by atomic mass is 10.1. The molecule has 0 amide bonds. The summed E-state index contributed by atoms with van der Waals surface area (Å²) >= 11 is 0. The Morgan fingerprint density at radius 3 is 2.67 bits per heavy atom. The molecule has 1 aromatic rings. The normalized spacial score (nSPS) is 10.1. The number of hydrogen-bond acceptors (Lipinski definition) is 3. The molecular formula is C11H13NO3. The highest BCUT2D eigenvalue weighted by Crippen LogP contribution is 2.32. The lowest BCUT2D eigenvalue weighted by molar-refractivity contribution is -0.386. The highest BCUT2D eigenvalue weighted by atomic mass is 16.6. The standard InChI is InChI=1S/C11H13NO3/c1-4-9-6-5-7-10(12(13)14)11(9)15-8(2)3/h4-8H,1H2,2-3H3. The molecule has 0 radical (unpaired) electrons. The second-order valence-corrected chi connectivity index (χ2v) is 3.32. The summed E-state index contributed by atoms with van der Waals surface area (Å²) in [6.07, 6.45) is 1.44. The predicted molar refractivity (Wildman–Crippen MR) is 59.0 cm³/mol. The van der Waals surface area contributed by atoms with E-state index in [2.05, 4.69) is 6.58 Å². The number of hydrogen-bond donors (Lipinski definition) is 0. The zero-order valence-corrected chi connectivity index (χ0v) is 8.77. The van der Waals surface area contributed by atoms with Crippen LogP contribution in [-0.2, 0) is 0 Å². The molecular weight excluding hydrogens is 194 g/mol. The molecule has 0 aliphatic rings. The van der Waals surface area contributed by atoms with Gasteiger partial charge in [0, 0.05) is 11.6 Å². The van der Waals surface area contributed by atoms with E-state index in [-0.39, 0.29) is 17.5 Å². The highest BCUT2D eigenvalue weighted by molar-refractivity contribution is 5.63. The number of rotatable bonds is 4. The molecule has 4 heteroatoms. The second-order valence-electron chi connectivity index (χ2n) is 3.32. The van der Waals surface area contributed by atoms with Gasteiger partial charge < -0.3 is 4.74 Å². The first-order valence-corrected chi connectivity index (χ1v) is 4.62. The van der Waals surface area contributed by atoms with Gasteiger partial charge in [-0.1, -0.05) is 24.8 Å². The molecule has 0 heterocycles. The third kappa shape index (κ3) is 2.56. The third-order valence-electron chi connectivity index (χ3n) is 1.79. The van der Waals surface area contributed by atoms with Crippen molar-refractivity contribution < 1.29 is 9.66 Å². The van der Waals surface area contributed by atoms with Gasteiger partial charge in [0.1, 0.15) is 0 Å². The fourth-order valence-corrected chi connectivity index (χ4v) is 1.21. The fraction of sp³-hybridized carbons (Fsp3) is 0.273. The summed E-state index contributed by atoms with van der Waals surface area (Å²) in [5, 5.41) is 10.8. The van der Waals surface area contributed by atoms with Crippen LogP contribution in [0.5, 0.6) is 5.75 Å². The van der Waals surface area contributed by atoms with Crippen LogP contribution in [-0.4, -0.2) is 11.0 Å². The van der Waals surface area contributed by atoms with Crippen LogP contribution >= 0.6 is 0 Å². The molecule has 15 heavy (non-hydrogen) atoms. The minimum absolute atomic E-state index is 0.0268. The van der Waals surface area contributed by atoms with Crippen LogP contribution in [0.3, 0.4) is 0 Å². The van der Waals surface area contributed by atoms with E-state index in [1.807, 2.05) is 13.8 Å². The van der Waals surface area contributed by atoms with E-state index in [0.717, 1.165) is 0 Å². The fourth-order valence-electron chi connectivity index (χ4n) is 1.21. The summed E-state index contributed by atoms with van der Waals surface area (Å²) in [6.45, 7) is 7.24. The van der Waals surface area contributed by atoms with Crippen molar-refractivity contribution in [3.05, 3.63) is 40.5 Å². The number of nitro benzene ring substituents is 1. The first-order valence-electron chi connectivity index (χ1n) is 4.62. The summed E-state index contributed by atoms with van der Waals surface area (Å²) in [6, 6.07) is 4.77. The smallest absolute Gasteiger partial charge is 0.311 e. The van der Waals surface area contributed by atoms with Gasteiger partial charge in [0.2, 0.25) is 5.75 Å². The Kier molecular flexibility index (Phi) is 3.44. The van der Waals surface area contributed by atoms with Crippen LogP contribution in [0, 0.1) is 10.1 Å². The van der Waals surface area contributed by atoms with Gasteiger partial charge in [0.25, 0.3) is 0 Å². The van der Waals surface area contributed by atoms with Crippen molar-refractivity contribution in [3.63, 3.8) is 0 Å². The molecule has 0 atom stereocenters. The number of para-hydroxylation sites is 1. The minimum Gasteiger partial charge on any atom is -0.484 e. The Morgan fingerprint density at radius 2 is 2.20 bits per heavy atom. The van der Waals surface area contributed by atoms with Crippen LogP contribution in [0.15, 0.2) is 24.8 Å². The molecule has 0 saturated heterocycles. The van der Waals surface area contributed by atoms with Crippen LogP contribution in [0.4, 0.5) is 5.69 Å². The minimum atomic E-state index is -0.454. The molecule has 1 aromatic carbocycles. The average molecular weight is 207 g/mol. The lowest BCUT2D eigenvalue weighted by Gasteiger charge is -2.12. The molecule has 1 rings (SSSR count). The molecule has 0 aliphatic carbocycles. The maximum absolute atomic E-state index is 10.8. The van der Waals surface area contributed by atoms with E-state index < -0.39 is 4.92 Å². The van der Waals surface area contributed by atoms with Crippen molar-refractivity contribution in [3.8, 4) is 5.75 Å². The number of nitro groups is 1. The number of ether oxygens (including phenoxy) is 1. The Balaban J connectivity index is 3.26. The Labute approximate surface area is 88.3 Å².